The number of ether oxygens (including phenoxy) is 1. The van der Waals surface area contributed by atoms with E-state index in [4.69, 9.17) is 4.74 Å². The number of fused-ring (bicyclic) bond motifs is 1. The van der Waals surface area contributed by atoms with E-state index in [0.717, 1.165) is 17.5 Å². The van der Waals surface area contributed by atoms with Crippen molar-refractivity contribution in [1.29, 1.82) is 0 Å². The Morgan fingerprint density at radius 3 is 2.50 bits per heavy atom. The topological polar surface area (TPSA) is 62.7 Å². The molecule has 164 valence electrons. The second-order valence-corrected chi connectivity index (χ2v) is 7.83. The summed E-state index contributed by atoms with van der Waals surface area (Å²) in [7, 11) is 0. The van der Waals surface area contributed by atoms with Crippen molar-refractivity contribution in [2.75, 3.05) is 18.1 Å². The summed E-state index contributed by atoms with van der Waals surface area (Å²) in [5, 5.41) is 0. The van der Waals surface area contributed by atoms with E-state index in [2.05, 4.69) is 36.2 Å². The van der Waals surface area contributed by atoms with Crippen LogP contribution in [0.1, 0.15) is 30.0 Å². The zero-order chi connectivity index (χ0) is 22.3. The van der Waals surface area contributed by atoms with Gasteiger partial charge in [-0.15, -0.1) is 0 Å². The summed E-state index contributed by atoms with van der Waals surface area (Å²) in [4.78, 5) is 33.4. The fourth-order valence-corrected chi connectivity index (χ4v) is 3.81. The van der Waals surface area contributed by atoms with Gasteiger partial charge in [-0.2, -0.15) is 0 Å². The van der Waals surface area contributed by atoms with Gasteiger partial charge in [0.15, 0.2) is 6.61 Å². The number of hydrogen-bond acceptors (Lipinski definition) is 4. The van der Waals surface area contributed by atoms with Crippen LogP contribution in [0, 0.1) is 0 Å². The van der Waals surface area contributed by atoms with E-state index >= 15 is 0 Å². The van der Waals surface area contributed by atoms with Crippen LogP contribution in [0.15, 0.2) is 73.1 Å². The predicted octanol–water partition coefficient (Wildman–Crippen LogP) is 3.99. The fraction of sp³-hybridized carbons (Fsp3) is 0.269. The van der Waals surface area contributed by atoms with Gasteiger partial charge in [0.2, 0.25) is 5.91 Å². The first kappa shape index (κ1) is 21.6. The highest BCUT2D eigenvalue weighted by atomic mass is 16.5. The van der Waals surface area contributed by atoms with Crippen LogP contribution >= 0.6 is 0 Å². The molecule has 0 fully saturated rings. The number of carbonyl (C=O) groups excluding carboxylic acids is 2. The van der Waals surface area contributed by atoms with Crippen molar-refractivity contribution in [2.45, 2.75) is 32.9 Å². The minimum Gasteiger partial charge on any atom is -0.482 e. The van der Waals surface area contributed by atoms with Crippen LogP contribution in [0.3, 0.4) is 0 Å². The van der Waals surface area contributed by atoms with Crippen molar-refractivity contribution in [3.63, 3.8) is 0 Å². The third-order valence-electron chi connectivity index (χ3n) is 5.61. The Balaban J connectivity index is 1.48. The number of hydrogen-bond donors (Lipinski definition) is 0. The van der Waals surface area contributed by atoms with E-state index in [9.17, 15) is 9.59 Å². The van der Waals surface area contributed by atoms with Gasteiger partial charge >= 0.3 is 0 Å². The van der Waals surface area contributed by atoms with Gasteiger partial charge in [-0.3, -0.25) is 14.6 Å². The number of benzene rings is 2. The highest BCUT2D eigenvalue weighted by Crippen LogP contribution is 2.31. The number of anilines is 1. The zero-order valence-corrected chi connectivity index (χ0v) is 18.2. The van der Waals surface area contributed by atoms with Crippen molar-refractivity contribution in [3.05, 3.63) is 89.7 Å². The zero-order valence-electron chi connectivity index (χ0n) is 18.2. The number of amides is 2. The largest absolute Gasteiger partial charge is 0.482 e. The third-order valence-corrected chi connectivity index (χ3v) is 5.61. The molecule has 0 unspecified atom stereocenters. The molecule has 2 aromatic carbocycles. The Hall–Kier alpha value is -3.67. The molecule has 6 nitrogen and oxygen atoms in total. The van der Waals surface area contributed by atoms with Crippen LogP contribution in [0.4, 0.5) is 5.69 Å². The lowest BCUT2D eigenvalue weighted by Crippen LogP contribution is -2.41. The molecule has 1 aliphatic heterocycles. The maximum absolute atomic E-state index is 13.3. The molecule has 1 aromatic heterocycles. The van der Waals surface area contributed by atoms with E-state index in [1.165, 1.54) is 5.56 Å². The molecule has 0 N–H and O–H groups in total. The average molecular weight is 430 g/mol. The molecule has 2 heterocycles. The van der Waals surface area contributed by atoms with Gasteiger partial charge < -0.3 is 14.5 Å². The van der Waals surface area contributed by atoms with Crippen LogP contribution in [-0.2, 0) is 29.1 Å². The molecule has 2 amide bonds. The molecule has 0 radical (unpaired) electrons. The van der Waals surface area contributed by atoms with E-state index in [1.807, 2.05) is 41.3 Å². The fourth-order valence-electron chi connectivity index (χ4n) is 3.81. The molecule has 0 bridgehead atoms. The molecule has 3 aromatic rings. The Morgan fingerprint density at radius 1 is 1.00 bits per heavy atom. The first-order valence-electron chi connectivity index (χ1n) is 10.9. The molecular weight excluding hydrogens is 402 g/mol. The summed E-state index contributed by atoms with van der Waals surface area (Å²) in [6, 6.07) is 19.6. The number of para-hydroxylation sites is 2. The summed E-state index contributed by atoms with van der Waals surface area (Å²) in [5.41, 5.74) is 4.03. The minimum atomic E-state index is -0.134. The number of pyridine rings is 1. The van der Waals surface area contributed by atoms with Gasteiger partial charge in [0.1, 0.15) is 5.75 Å². The first-order chi connectivity index (χ1) is 15.6. The molecule has 1 aliphatic rings. The predicted molar refractivity (Wildman–Crippen MR) is 123 cm³/mol. The maximum atomic E-state index is 13.3. The molecule has 4 rings (SSSR count). The second kappa shape index (κ2) is 10.1. The van der Waals surface area contributed by atoms with Gasteiger partial charge in [-0.1, -0.05) is 49.4 Å². The molecular formula is C26H27N3O3. The average Bonchev–Trinajstić information content (AvgIpc) is 2.84. The molecule has 0 atom stereocenters. The van der Waals surface area contributed by atoms with E-state index < -0.39 is 0 Å². The third kappa shape index (κ3) is 5.14. The highest BCUT2D eigenvalue weighted by Gasteiger charge is 2.26. The number of aromatic nitrogens is 1. The smallest absolute Gasteiger partial charge is 0.265 e. The molecule has 6 heteroatoms. The SMILES string of the molecule is CCc1ccc(CN(Cc2cccnc2)C(=O)CCN2C(=O)COc3ccccc32)cc1. The van der Waals surface area contributed by atoms with Crippen molar-refractivity contribution in [1.82, 2.24) is 9.88 Å². The van der Waals surface area contributed by atoms with Crippen molar-refractivity contribution in [2.24, 2.45) is 0 Å². The number of nitrogens with zero attached hydrogens (tertiary/aromatic N) is 3. The Morgan fingerprint density at radius 2 is 1.75 bits per heavy atom. The first-order valence-corrected chi connectivity index (χ1v) is 10.9. The van der Waals surface area contributed by atoms with Gasteiger partial charge in [-0.05, 0) is 41.3 Å². The lowest BCUT2D eigenvalue weighted by Gasteiger charge is -2.30. The normalized spacial score (nSPS) is 12.8. The molecule has 0 saturated heterocycles. The highest BCUT2D eigenvalue weighted by molar-refractivity contribution is 5.98. The van der Waals surface area contributed by atoms with E-state index in [0.29, 0.717) is 31.1 Å². The van der Waals surface area contributed by atoms with Crippen molar-refractivity contribution >= 4 is 17.5 Å². The van der Waals surface area contributed by atoms with Crippen LogP contribution in [0.25, 0.3) is 0 Å². The van der Waals surface area contributed by atoms with Gasteiger partial charge in [-0.25, -0.2) is 0 Å². The lowest BCUT2D eigenvalue weighted by atomic mass is 10.1. The summed E-state index contributed by atoms with van der Waals surface area (Å²) >= 11 is 0. The van der Waals surface area contributed by atoms with Crippen LogP contribution in [0.2, 0.25) is 0 Å². The summed E-state index contributed by atoms with van der Waals surface area (Å²) in [6.45, 7) is 3.41. The van der Waals surface area contributed by atoms with Crippen LogP contribution < -0.4 is 9.64 Å². The Bertz CT molecular complexity index is 1070. The van der Waals surface area contributed by atoms with Crippen molar-refractivity contribution in [3.8, 4) is 5.75 Å². The van der Waals surface area contributed by atoms with Crippen LogP contribution in [-0.4, -0.2) is 34.8 Å². The summed E-state index contributed by atoms with van der Waals surface area (Å²) in [5.74, 6) is 0.526. The quantitative estimate of drug-likeness (QED) is 0.543. The number of aryl methyl sites for hydroxylation is 1. The van der Waals surface area contributed by atoms with Gasteiger partial charge in [0, 0.05) is 38.4 Å². The second-order valence-electron chi connectivity index (χ2n) is 7.83. The van der Waals surface area contributed by atoms with Crippen molar-refractivity contribution < 1.29 is 14.3 Å². The molecule has 0 aliphatic carbocycles. The van der Waals surface area contributed by atoms with E-state index in [-0.39, 0.29) is 24.8 Å². The standard InChI is InChI=1S/C26H27N3O3/c1-2-20-9-11-21(12-10-20)17-28(18-22-6-5-14-27-16-22)25(30)13-15-29-23-7-3-4-8-24(23)32-19-26(29)31/h3-12,14,16H,2,13,15,17-19H2,1H3. The monoisotopic (exact) mass is 429 g/mol. The number of rotatable bonds is 8. The van der Waals surface area contributed by atoms with Gasteiger partial charge in [0.05, 0.1) is 5.69 Å². The molecule has 32 heavy (non-hydrogen) atoms. The maximum Gasteiger partial charge on any atom is 0.265 e. The molecule has 0 saturated carbocycles. The number of carbonyl (C=O) groups is 2. The molecule has 0 spiro atoms. The lowest BCUT2D eigenvalue weighted by molar-refractivity contribution is -0.132. The summed E-state index contributed by atoms with van der Waals surface area (Å²) < 4.78 is 5.50. The Labute approximate surface area is 188 Å². The minimum absolute atomic E-state index is 0.00558. The van der Waals surface area contributed by atoms with E-state index in [1.54, 1.807) is 17.3 Å². The summed E-state index contributed by atoms with van der Waals surface area (Å²) in [6.07, 6.45) is 4.71. The Kier molecular flexibility index (Phi) is 6.80. The van der Waals surface area contributed by atoms with Crippen LogP contribution in [0.5, 0.6) is 5.75 Å². The van der Waals surface area contributed by atoms with Gasteiger partial charge in [0.25, 0.3) is 5.91 Å².